The van der Waals surface area contributed by atoms with Gasteiger partial charge in [-0.2, -0.15) is 0 Å². The Kier molecular flexibility index (Phi) is 6.50. The molecule has 1 unspecified atom stereocenters. The van der Waals surface area contributed by atoms with E-state index in [1.54, 1.807) is 23.1 Å². The predicted octanol–water partition coefficient (Wildman–Crippen LogP) is 4.78. The standard InChI is InChI=1S/C30H28N4O2/c1-2-20-14-16-21(17-15-20)24-10-4-5-11-25(24)30(36)33-28-18-22-8-3-6-12-26(22)34(28)29(35)19-23-9-7-13-27(31)32-23/h3-17,28H,2,18-19H2,1H3,(H2,31,32)(H,33,36). The smallest absolute Gasteiger partial charge is 0.253 e. The van der Waals surface area contributed by atoms with Gasteiger partial charge in [-0.1, -0.05) is 73.7 Å². The van der Waals surface area contributed by atoms with Gasteiger partial charge >= 0.3 is 0 Å². The molecule has 1 aromatic heterocycles. The Labute approximate surface area is 210 Å². The first-order valence-corrected chi connectivity index (χ1v) is 12.1. The summed E-state index contributed by atoms with van der Waals surface area (Å²) >= 11 is 0. The fourth-order valence-electron chi connectivity index (χ4n) is 4.73. The predicted molar refractivity (Wildman–Crippen MR) is 142 cm³/mol. The molecule has 1 aliphatic rings. The van der Waals surface area contributed by atoms with Gasteiger partial charge in [0, 0.05) is 17.7 Å². The number of aryl methyl sites for hydroxylation is 1. The highest BCUT2D eigenvalue weighted by Crippen LogP contribution is 2.32. The van der Waals surface area contributed by atoms with Crippen LogP contribution >= 0.6 is 0 Å². The van der Waals surface area contributed by atoms with Crippen LogP contribution in [0.15, 0.2) is 91.0 Å². The van der Waals surface area contributed by atoms with Gasteiger partial charge in [-0.3, -0.25) is 14.5 Å². The van der Waals surface area contributed by atoms with Crippen LogP contribution in [0.5, 0.6) is 0 Å². The van der Waals surface area contributed by atoms with Crippen molar-refractivity contribution in [1.82, 2.24) is 10.3 Å². The van der Waals surface area contributed by atoms with Gasteiger partial charge in [-0.25, -0.2) is 4.98 Å². The molecule has 0 spiro atoms. The van der Waals surface area contributed by atoms with Gasteiger partial charge in [-0.05, 0) is 52.9 Å². The van der Waals surface area contributed by atoms with Gasteiger partial charge in [-0.15, -0.1) is 0 Å². The number of nitrogens with one attached hydrogen (secondary N) is 1. The molecule has 4 aromatic rings. The lowest BCUT2D eigenvalue weighted by Crippen LogP contribution is -2.50. The van der Waals surface area contributed by atoms with Gasteiger partial charge < -0.3 is 11.1 Å². The Morgan fingerprint density at radius 3 is 2.47 bits per heavy atom. The largest absolute Gasteiger partial charge is 0.384 e. The minimum atomic E-state index is -0.501. The van der Waals surface area contributed by atoms with E-state index in [1.165, 1.54) is 5.56 Å². The summed E-state index contributed by atoms with van der Waals surface area (Å²) in [7, 11) is 0. The molecule has 1 aliphatic heterocycles. The van der Waals surface area contributed by atoms with Crippen LogP contribution in [0.25, 0.3) is 11.1 Å². The van der Waals surface area contributed by atoms with Crippen LogP contribution < -0.4 is 16.0 Å². The van der Waals surface area contributed by atoms with Crippen molar-refractivity contribution >= 4 is 23.3 Å². The van der Waals surface area contributed by atoms with Crippen molar-refractivity contribution in [1.29, 1.82) is 0 Å². The van der Waals surface area contributed by atoms with Crippen LogP contribution in [0.3, 0.4) is 0 Å². The summed E-state index contributed by atoms with van der Waals surface area (Å²) in [6.45, 7) is 2.12. The van der Waals surface area contributed by atoms with Crippen molar-refractivity contribution in [2.75, 3.05) is 10.6 Å². The summed E-state index contributed by atoms with van der Waals surface area (Å²) in [5, 5.41) is 3.12. The third kappa shape index (κ3) is 4.70. The lowest BCUT2D eigenvalue weighted by Gasteiger charge is -2.27. The van der Waals surface area contributed by atoms with Gasteiger partial charge in [0.25, 0.3) is 5.91 Å². The van der Waals surface area contributed by atoms with E-state index in [-0.39, 0.29) is 18.2 Å². The van der Waals surface area contributed by atoms with E-state index in [2.05, 4.69) is 29.4 Å². The number of para-hydroxylation sites is 1. The number of nitrogens with zero attached hydrogens (tertiary/aromatic N) is 2. The quantitative estimate of drug-likeness (QED) is 0.419. The highest BCUT2D eigenvalue weighted by Gasteiger charge is 2.35. The van der Waals surface area contributed by atoms with Crippen molar-refractivity contribution in [2.24, 2.45) is 0 Å². The lowest BCUT2D eigenvalue weighted by atomic mass is 9.97. The average molecular weight is 477 g/mol. The zero-order chi connectivity index (χ0) is 25.1. The van der Waals surface area contributed by atoms with E-state index in [4.69, 9.17) is 5.73 Å². The van der Waals surface area contributed by atoms with E-state index in [9.17, 15) is 9.59 Å². The van der Waals surface area contributed by atoms with Crippen LogP contribution in [0.1, 0.15) is 34.1 Å². The van der Waals surface area contributed by atoms with E-state index in [0.717, 1.165) is 28.8 Å². The summed E-state index contributed by atoms with van der Waals surface area (Å²) in [5.74, 6) is 0.00481. The minimum Gasteiger partial charge on any atom is -0.384 e. The maximum absolute atomic E-state index is 13.6. The molecule has 3 aromatic carbocycles. The number of fused-ring (bicyclic) bond motifs is 1. The molecule has 2 amide bonds. The molecule has 0 bridgehead atoms. The van der Waals surface area contributed by atoms with Crippen LogP contribution in [0, 0.1) is 0 Å². The second-order valence-corrected chi connectivity index (χ2v) is 8.91. The molecule has 180 valence electrons. The topological polar surface area (TPSA) is 88.3 Å². The molecular formula is C30H28N4O2. The number of nitrogens with two attached hydrogens (primary N) is 1. The Bertz CT molecular complexity index is 1410. The van der Waals surface area contributed by atoms with Gasteiger partial charge in [0.15, 0.2) is 0 Å². The lowest BCUT2D eigenvalue weighted by molar-refractivity contribution is -0.118. The van der Waals surface area contributed by atoms with Crippen LogP contribution in [0.4, 0.5) is 11.5 Å². The number of aromatic nitrogens is 1. The first-order valence-electron chi connectivity index (χ1n) is 12.1. The Morgan fingerprint density at radius 2 is 1.69 bits per heavy atom. The highest BCUT2D eigenvalue weighted by molar-refractivity contribution is 6.03. The zero-order valence-electron chi connectivity index (χ0n) is 20.1. The molecule has 0 aliphatic carbocycles. The molecular weight excluding hydrogens is 448 g/mol. The fraction of sp³-hybridized carbons (Fsp3) is 0.167. The molecule has 3 N–H and O–H groups in total. The van der Waals surface area contributed by atoms with E-state index in [1.807, 2.05) is 60.7 Å². The number of carbonyl (C=O) groups excluding carboxylic acids is 2. The molecule has 0 radical (unpaired) electrons. The molecule has 6 nitrogen and oxygen atoms in total. The number of nitrogen functional groups attached to an aromatic ring is 1. The monoisotopic (exact) mass is 476 g/mol. The van der Waals surface area contributed by atoms with Gasteiger partial charge in [0.1, 0.15) is 12.0 Å². The normalized spacial score (nSPS) is 14.4. The summed E-state index contributed by atoms with van der Waals surface area (Å²) in [4.78, 5) is 33.0. The first-order chi connectivity index (χ1) is 17.5. The molecule has 2 heterocycles. The second kappa shape index (κ2) is 10.0. The van der Waals surface area contributed by atoms with E-state index in [0.29, 0.717) is 23.5 Å². The first kappa shape index (κ1) is 23.3. The van der Waals surface area contributed by atoms with Crippen LogP contribution in [-0.4, -0.2) is 23.0 Å². The maximum atomic E-state index is 13.6. The van der Waals surface area contributed by atoms with Crippen molar-refractivity contribution in [3.63, 3.8) is 0 Å². The number of benzene rings is 3. The maximum Gasteiger partial charge on any atom is 0.253 e. The Hall–Kier alpha value is -4.45. The Balaban J connectivity index is 1.42. The molecule has 5 rings (SSSR count). The molecule has 36 heavy (non-hydrogen) atoms. The van der Waals surface area contributed by atoms with Crippen molar-refractivity contribution in [3.05, 3.63) is 113 Å². The number of amides is 2. The van der Waals surface area contributed by atoms with Gasteiger partial charge in [0.05, 0.1) is 12.1 Å². The number of rotatable bonds is 6. The number of pyridine rings is 1. The molecule has 6 heteroatoms. The van der Waals surface area contributed by atoms with E-state index < -0.39 is 6.17 Å². The average Bonchev–Trinajstić information content (AvgIpc) is 3.26. The SMILES string of the molecule is CCc1ccc(-c2ccccc2C(=O)NC2Cc3ccccc3N2C(=O)Cc2cccc(N)n2)cc1. The van der Waals surface area contributed by atoms with E-state index >= 15 is 0 Å². The van der Waals surface area contributed by atoms with Crippen molar-refractivity contribution < 1.29 is 9.59 Å². The molecule has 0 fully saturated rings. The number of hydrogen-bond acceptors (Lipinski definition) is 4. The highest BCUT2D eigenvalue weighted by atomic mass is 16.2. The van der Waals surface area contributed by atoms with Crippen LogP contribution in [0.2, 0.25) is 0 Å². The molecule has 0 saturated heterocycles. The fourth-order valence-corrected chi connectivity index (χ4v) is 4.73. The Morgan fingerprint density at radius 1 is 0.944 bits per heavy atom. The van der Waals surface area contributed by atoms with Crippen LogP contribution in [-0.2, 0) is 24.1 Å². The number of carbonyl (C=O) groups is 2. The van der Waals surface area contributed by atoms with Crippen molar-refractivity contribution in [3.8, 4) is 11.1 Å². The molecule has 1 atom stereocenters. The summed E-state index contributed by atoms with van der Waals surface area (Å²) in [6.07, 6.45) is 1.08. The van der Waals surface area contributed by atoms with Crippen molar-refractivity contribution in [2.45, 2.75) is 32.4 Å². The summed E-state index contributed by atoms with van der Waals surface area (Å²) in [5.41, 5.74) is 11.9. The summed E-state index contributed by atoms with van der Waals surface area (Å²) in [6, 6.07) is 28.8. The third-order valence-electron chi connectivity index (χ3n) is 6.55. The zero-order valence-corrected chi connectivity index (χ0v) is 20.1. The summed E-state index contributed by atoms with van der Waals surface area (Å²) < 4.78 is 0. The van der Waals surface area contributed by atoms with Gasteiger partial charge in [0.2, 0.25) is 5.91 Å². The minimum absolute atomic E-state index is 0.0894. The second-order valence-electron chi connectivity index (χ2n) is 8.91. The number of hydrogen-bond donors (Lipinski definition) is 2. The third-order valence-corrected chi connectivity index (χ3v) is 6.55. The number of anilines is 2. The molecule has 0 saturated carbocycles.